The van der Waals surface area contributed by atoms with Crippen molar-refractivity contribution in [2.45, 2.75) is 13.1 Å². The molecule has 6 nitrogen and oxygen atoms in total. The van der Waals surface area contributed by atoms with Crippen molar-refractivity contribution < 1.29 is 4.79 Å². The first kappa shape index (κ1) is 11.7. The Labute approximate surface area is 102 Å². The quantitative estimate of drug-likeness (QED) is 0.719. The van der Waals surface area contributed by atoms with Gasteiger partial charge in [0.1, 0.15) is 0 Å². The molecule has 0 saturated heterocycles. The number of carbonyl (C=O) groups excluding carboxylic acids is 1. The van der Waals surface area contributed by atoms with Gasteiger partial charge in [0.2, 0.25) is 5.91 Å². The number of hydrogen-bond donors (Lipinski definition) is 2. The fraction of sp³-hybridized carbons (Fsp3) is 0.300. The Morgan fingerprint density at radius 3 is 3.12 bits per heavy atom. The molecule has 0 unspecified atom stereocenters. The number of aromatic nitrogens is 3. The normalized spacial score (nSPS) is 10.6. The standard InChI is InChI=1S/C10H13N5OS/c11-10(16)8-5-9(17-7-8)6-12-1-3-15-4-2-13-14-15/h2,4-5,7,12H,1,3,6H2,(H2,11,16). The maximum atomic E-state index is 10.9. The molecule has 0 radical (unpaired) electrons. The molecule has 2 aromatic rings. The lowest BCUT2D eigenvalue weighted by atomic mass is 10.3. The third-order valence-corrected chi connectivity index (χ3v) is 3.16. The second kappa shape index (κ2) is 5.55. The van der Waals surface area contributed by atoms with Gasteiger partial charge in [-0.2, -0.15) is 0 Å². The van der Waals surface area contributed by atoms with Crippen molar-refractivity contribution in [3.63, 3.8) is 0 Å². The lowest BCUT2D eigenvalue weighted by Crippen LogP contribution is -2.19. The van der Waals surface area contributed by atoms with Crippen LogP contribution >= 0.6 is 11.3 Å². The minimum absolute atomic E-state index is 0.380. The lowest BCUT2D eigenvalue weighted by Gasteiger charge is -2.02. The van der Waals surface area contributed by atoms with Crippen molar-refractivity contribution in [3.8, 4) is 0 Å². The molecule has 0 saturated carbocycles. The number of carbonyl (C=O) groups is 1. The number of nitrogens with two attached hydrogens (primary N) is 1. The molecule has 0 fully saturated rings. The van der Waals surface area contributed by atoms with E-state index in [1.54, 1.807) is 16.3 Å². The van der Waals surface area contributed by atoms with Crippen LogP contribution in [0.15, 0.2) is 23.8 Å². The summed E-state index contributed by atoms with van der Waals surface area (Å²) in [6.45, 7) is 2.30. The highest BCUT2D eigenvalue weighted by molar-refractivity contribution is 7.10. The zero-order chi connectivity index (χ0) is 12.1. The minimum atomic E-state index is -0.380. The smallest absolute Gasteiger partial charge is 0.249 e. The number of rotatable bonds is 6. The average Bonchev–Trinajstić information content (AvgIpc) is 2.96. The van der Waals surface area contributed by atoms with Gasteiger partial charge >= 0.3 is 0 Å². The summed E-state index contributed by atoms with van der Waals surface area (Å²) in [5.41, 5.74) is 5.75. The van der Waals surface area contributed by atoms with E-state index in [0.717, 1.165) is 24.5 Å². The summed E-state index contributed by atoms with van der Waals surface area (Å²) in [6, 6.07) is 1.81. The molecule has 17 heavy (non-hydrogen) atoms. The van der Waals surface area contributed by atoms with Gasteiger partial charge in [-0.05, 0) is 6.07 Å². The average molecular weight is 251 g/mol. The van der Waals surface area contributed by atoms with Crippen molar-refractivity contribution in [2.24, 2.45) is 5.73 Å². The van der Waals surface area contributed by atoms with Crippen LogP contribution in [0.2, 0.25) is 0 Å². The molecule has 0 aliphatic carbocycles. The third kappa shape index (κ3) is 3.36. The Morgan fingerprint density at radius 1 is 1.59 bits per heavy atom. The van der Waals surface area contributed by atoms with Crippen LogP contribution in [0.3, 0.4) is 0 Å². The predicted molar refractivity (Wildman–Crippen MR) is 64.6 cm³/mol. The molecule has 3 N–H and O–H groups in total. The number of primary amides is 1. The second-order valence-corrected chi connectivity index (χ2v) is 4.50. The van der Waals surface area contributed by atoms with E-state index >= 15 is 0 Å². The van der Waals surface area contributed by atoms with E-state index in [0.29, 0.717) is 5.56 Å². The van der Waals surface area contributed by atoms with Crippen LogP contribution in [0.5, 0.6) is 0 Å². The van der Waals surface area contributed by atoms with E-state index in [1.807, 2.05) is 12.3 Å². The van der Waals surface area contributed by atoms with E-state index in [-0.39, 0.29) is 5.91 Å². The first-order valence-electron chi connectivity index (χ1n) is 5.18. The predicted octanol–water partition coefficient (Wildman–Crippen LogP) is 0.228. The SMILES string of the molecule is NC(=O)c1csc(CNCCn2ccnn2)c1. The summed E-state index contributed by atoms with van der Waals surface area (Å²) in [4.78, 5) is 12.0. The summed E-state index contributed by atoms with van der Waals surface area (Å²) < 4.78 is 1.76. The number of amides is 1. The Morgan fingerprint density at radius 2 is 2.47 bits per heavy atom. The second-order valence-electron chi connectivity index (χ2n) is 3.51. The van der Waals surface area contributed by atoms with Crippen LogP contribution in [-0.4, -0.2) is 27.4 Å². The van der Waals surface area contributed by atoms with Crippen LogP contribution < -0.4 is 11.1 Å². The van der Waals surface area contributed by atoms with Gasteiger partial charge in [0.15, 0.2) is 0 Å². The van der Waals surface area contributed by atoms with Gasteiger partial charge in [0.25, 0.3) is 0 Å². The van der Waals surface area contributed by atoms with Crippen LogP contribution in [0.1, 0.15) is 15.2 Å². The van der Waals surface area contributed by atoms with Gasteiger partial charge in [-0.15, -0.1) is 16.4 Å². The highest BCUT2D eigenvalue weighted by Crippen LogP contribution is 2.13. The maximum Gasteiger partial charge on any atom is 0.249 e. The van der Waals surface area contributed by atoms with Crippen LogP contribution in [0.25, 0.3) is 0 Å². The van der Waals surface area contributed by atoms with E-state index in [9.17, 15) is 4.79 Å². The molecule has 2 heterocycles. The lowest BCUT2D eigenvalue weighted by molar-refractivity contribution is 0.100. The van der Waals surface area contributed by atoms with Gasteiger partial charge in [-0.25, -0.2) is 0 Å². The Hall–Kier alpha value is -1.73. The Bertz CT molecular complexity index is 479. The summed E-state index contributed by atoms with van der Waals surface area (Å²) in [5.74, 6) is -0.380. The molecule has 90 valence electrons. The van der Waals surface area contributed by atoms with Gasteiger partial charge in [-0.1, -0.05) is 5.21 Å². The van der Waals surface area contributed by atoms with Crippen LogP contribution in [0, 0.1) is 0 Å². The molecule has 0 bridgehead atoms. The molecule has 7 heteroatoms. The molecule has 0 spiro atoms. The van der Waals surface area contributed by atoms with Gasteiger partial charge < -0.3 is 11.1 Å². The zero-order valence-electron chi connectivity index (χ0n) is 9.17. The number of thiophene rings is 1. The van der Waals surface area contributed by atoms with E-state index in [4.69, 9.17) is 5.73 Å². The van der Waals surface area contributed by atoms with Crippen molar-refractivity contribution >= 4 is 17.2 Å². The molecule has 1 amide bonds. The first-order valence-corrected chi connectivity index (χ1v) is 6.05. The third-order valence-electron chi connectivity index (χ3n) is 2.23. The first-order chi connectivity index (χ1) is 8.25. The van der Waals surface area contributed by atoms with Crippen molar-refractivity contribution in [2.75, 3.05) is 6.54 Å². The number of nitrogens with zero attached hydrogens (tertiary/aromatic N) is 3. The van der Waals surface area contributed by atoms with Gasteiger partial charge in [0.05, 0.1) is 18.3 Å². The van der Waals surface area contributed by atoms with E-state index in [2.05, 4.69) is 15.6 Å². The van der Waals surface area contributed by atoms with E-state index < -0.39 is 0 Å². The monoisotopic (exact) mass is 251 g/mol. The van der Waals surface area contributed by atoms with Crippen molar-refractivity contribution in [1.82, 2.24) is 20.3 Å². The largest absolute Gasteiger partial charge is 0.366 e. The number of nitrogens with one attached hydrogen (secondary N) is 1. The van der Waals surface area contributed by atoms with Gasteiger partial charge in [0, 0.05) is 29.5 Å². The summed E-state index contributed by atoms with van der Waals surface area (Å²) in [6.07, 6.45) is 3.47. The topological polar surface area (TPSA) is 85.8 Å². The van der Waals surface area contributed by atoms with Crippen LogP contribution in [-0.2, 0) is 13.1 Å². The fourth-order valence-electron chi connectivity index (χ4n) is 1.36. The summed E-state index contributed by atoms with van der Waals surface area (Å²) in [7, 11) is 0. The van der Waals surface area contributed by atoms with Crippen LogP contribution in [0.4, 0.5) is 0 Å². The highest BCUT2D eigenvalue weighted by atomic mass is 32.1. The molecule has 0 aliphatic rings. The molecular formula is C10H13N5OS. The Balaban J connectivity index is 1.72. The van der Waals surface area contributed by atoms with E-state index in [1.165, 1.54) is 11.3 Å². The molecule has 0 atom stereocenters. The minimum Gasteiger partial charge on any atom is -0.366 e. The zero-order valence-corrected chi connectivity index (χ0v) is 9.98. The highest BCUT2D eigenvalue weighted by Gasteiger charge is 2.03. The molecule has 2 aromatic heterocycles. The van der Waals surface area contributed by atoms with Crippen molar-refractivity contribution in [3.05, 3.63) is 34.3 Å². The summed E-state index contributed by atoms with van der Waals surface area (Å²) >= 11 is 1.53. The Kier molecular flexibility index (Phi) is 3.84. The molecule has 0 aliphatic heterocycles. The van der Waals surface area contributed by atoms with Crippen molar-refractivity contribution in [1.29, 1.82) is 0 Å². The van der Waals surface area contributed by atoms with Gasteiger partial charge in [-0.3, -0.25) is 9.48 Å². The fourth-order valence-corrected chi connectivity index (χ4v) is 2.20. The molecular weight excluding hydrogens is 238 g/mol. The summed E-state index contributed by atoms with van der Waals surface area (Å²) in [5, 5.41) is 12.6. The molecule has 0 aromatic carbocycles. The molecule has 2 rings (SSSR count). The number of hydrogen-bond acceptors (Lipinski definition) is 5. The maximum absolute atomic E-state index is 10.9.